The van der Waals surface area contributed by atoms with Crippen LogP contribution in [0.2, 0.25) is 0 Å². The van der Waals surface area contributed by atoms with Gasteiger partial charge in [0.05, 0.1) is 11.0 Å². The lowest BCUT2D eigenvalue weighted by molar-refractivity contribution is 0.0747. The van der Waals surface area contributed by atoms with Gasteiger partial charge in [0, 0.05) is 37.4 Å². The summed E-state index contributed by atoms with van der Waals surface area (Å²) in [6.07, 6.45) is 0. The molecule has 2 N–H and O–H groups in total. The quantitative estimate of drug-likeness (QED) is 0.555. The van der Waals surface area contributed by atoms with Gasteiger partial charge in [0.1, 0.15) is 0 Å². The number of nitrogens with one attached hydrogen (secondary N) is 2. The summed E-state index contributed by atoms with van der Waals surface area (Å²) < 4.78 is 0. The van der Waals surface area contributed by atoms with Crippen molar-refractivity contribution in [2.24, 2.45) is 0 Å². The fourth-order valence-corrected chi connectivity index (χ4v) is 4.00. The van der Waals surface area contributed by atoms with Crippen LogP contribution in [0.1, 0.15) is 10.4 Å². The lowest BCUT2D eigenvalue weighted by Crippen LogP contribution is -2.48. The number of fused-ring (bicyclic) bond motifs is 1. The van der Waals surface area contributed by atoms with Crippen LogP contribution in [0.4, 0.5) is 5.69 Å². The Morgan fingerprint density at radius 1 is 0.733 bits per heavy atom. The SMILES string of the molecule is O=C(c1ccc(-c2ccccc2)cc1)N1CCN(c2ccc3[nH]c(=O)[nH]c3c2)CC1. The number of imidazole rings is 1. The minimum Gasteiger partial charge on any atom is -0.368 e. The van der Waals surface area contributed by atoms with Gasteiger partial charge >= 0.3 is 5.69 Å². The Bertz CT molecular complexity index is 1230. The molecule has 4 aromatic rings. The van der Waals surface area contributed by atoms with Crippen LogP contribution in [0.25, 0.3) is 22.2 Å². The molecule has 0 aliphatic carbocycles. The van der Waals surface area contributed by atoms with Crippen molar-refractivity contribution < 1.29 is 4.79 Å². The predicted molar refractivity (Wildman–Crippen MR) is 119 cm³/mol. The van der Waals surface area contributed by atoms with E-state index in [1.165, 1.54) is 0 Å². The molecule has 0 radical (unpaired) electrons. The number of hydrogen-bond acceptors (Lipinski definition) is 3. The van der Waals surface area contributed by atoms with E-state index in [0.717, 1.165) is 46.5 Å². The molecule has 2 heterocycles. The first kappa shape index (κ1) is 18.2. The molecule has 1 amide bonds. The normalized spacial score (nSPS) is 14.3. The van der Waals surface area contributed by atoms with Gasteiger partial charge < -0.3 is 19.8 Å². The van der Waals surface area contributed by atoms with Crippen molar-refractivity contribution in [2.45, 2.75) is 0 Å². The summed E-state index contributed by atoms with van der Waals surface area (Å²) in [5, 5.41) is 0. The van der Waals surface area contributed by atoms with Gasteiger partial charge in [-0.25, -0.2) is 4.79 Å². The number of nitrogens with zero attached hydrogens (tertiary/aromatic N) is 2. The first-order valence-corrected chi connectivity index (χ1v) is 10.1. The summed E-state index contributed by atoms with van der Waals surface area (Å²) in [7, 11) is 0. The number of carbonyl (C=O) groups excluding carboxylic acids is 1. The van der Waals surface area contributed by atoms with Gasteiger partial charge in [-0.15, -0.1) is 0 Å². The summed E-state index contributed by atoms with van der Waals surface area (Å²) >= 11 is 0. The molecule has 1 saturated heterocycles. The predicted octanol–water partition coefficient (Wildman–Crippen LogP) is 3.49. The maximum Gasteiger partial charge on any atom is 0.323 e. The van der Waals surface area contributed by atoms with Crippen LogP contribution in [-0.4, -0.2) is 47.0 Å². The third-order valence-electron chi connectivity index (χ3n) is 5.67. The Labute approximate surface area is 173 Å². The largest absolute Gasteiger partial charge is 0.368 e. The van der Waals surface area contributed by atoms with Crippen molar-refractivity contribution in [3.8, 4) is 11.1 Å². The molecule has 6 nitrogen and oxygen atoms in total. The summed E-state index contributed by atoms with van der Waals surface area (Å²) in [5.41, 5.74) is 5.43. The van der Waals surface area contributed by atoms with Gasteiger partial charge in [-0.05, 0) is 41.5 Å². The van der Waals surface area contributed by atoms with E-state index < -0.39 is 0 Å². The van der Waals surface area contributed by atoms with Crippen molar-refractivity contribution in [3.05, 3.63) is 88.8 Å². The van der Waals surface area contributed by atoms with Gasteiger partial charge in [-0.3, -0.25) is 4.79 Å². The second-order valence-corrected chi connectivity index (χ2v) is 7.53. The first-order chi connectivity index (χ1) is 14.7. The van der Waals surface area contributed by atoms with E-state index >= 15 is 0 Å². The molecule has 0 unspecified atom stereocenters. The van der Waals surface area contributed by atoms with Gasteiger partial charge in [0.25, 0.3) is 5.91 Å². The lowest BCUT2D eigenvalue weighted by atomic mass is 10.0. The van der Waals surface area contributed by atoms with Crippen LogP contribution in [0.15, 0.2) is 77.6 Å². The topological polar surface area (TPSA) is 72.2 Å². The molecule has 0 saturated carbocycles. The molecule has 0 atom stereocenters. The molecule has 30 heavy (non-hydrogen) atoms. The Morgan fingerprint density at radius 2 is 1.40 bits per heavy atom. The molecule has 0 bridgehead atoms. The molecule has 1 aliphatic rings. The van der Waals surface area contributed by atoms with E-state index in [1.54, 1.807) is 0 Å². The second-order valence-electron chi connectivity index (χ2n) is 7.53. The highest BCUT2D eigenvalue weighted by atomic mass is 16.2. The van der Waals surface area contributed by atoms with Crippen LogP contribution in [0, 0.1) is 0 Å². The molecule has 1 aliphatic heterocycles. The van der Waals surface area contributed by atoms with Crippen molar-refractivity contribution in [1.82, 2.24) is 14.9 Å². The molecule has 0 spiro atoms. The number of aromatic amines is 2. The van der Waals surface area contributed by atoms with Crippen LogP contribution >= 0.6 is 0 Å². The third kappa shape index (κ3) is 3.48. The van der Waals surface area contributed by atoms with Gasteiger partial charge in [0.2, 0.25) is 0 Å². The number of rotatable bonds is 3. The van der Waals surface area contributed by atoms with Gasteiger partial charge in [-0.1, -0.05) is 42.5 Å². The number of aromatic nitrogens is 2. The van der Waals surface area contributed by atoms with Crippen molar-refractivity contribution in [1.29, 1.82) is 0 Å². The highest BCUT2D eigenvalue weighted by molar-refractivity contribution is 5.95. The van der Waals surface area contributed by atoms with Crippen molar-refractivity contribution in [2.75, 3.05) is 31.1 Å². The molecule has 6 heteroatoms. The molecular formula is C24H22N4O2. The van der Waals surface area contributed by atoms with E-state index in [2.05, 4.69) is 27.0 Å². The third-order valence-corrected chi connectivity index (χ3v) is 5.67. The zero-order valence-electron chi connectivity index (χ0n) is 16.5. The average molecular weight is 398 g/mol. The van der Waals surface area contributed by atoms with E-state index in [4.69, 9.17) is 0 Å². The molecule has 150 valence electrons. The lowest BCUT2D eigenvalue weighted by Gasteiger charge is -2.36. The number of amides is 1. The second kappa shape index (κ2) is 7.55. The van der Waals surface area contributed by atoms with Crippen LogP contribution < -0.4 is 10.6 Å². The Hall–Kier alpha value is -3.80. The summed E-state index contributed by atoms with van der Waals surface area (Å²) in [5.74, 6) is 0.0691. The van der Waals surface area contributed by atoms with Crippen LogP contribution in [0.5, 0.6) is 0 Å². The van der Waals surface area contributed by atoms with E-state index in [1.807, 2.05) is 65.6 Å². The van der Waals surface area contributed by atoms with E-state index in [-0.39, 0.29) is 11.6 Å². The van der Waals surface area contributed by atoms with Gasteiger partial charge in [-0.2, -0.15) is 0 Å². The standard InChI is InChI=1S/C24H22N4O2/c29-23(19-8-6-18(7-9-19)17-4-2-1-3-5-17)28-14-12-27(13-15-28)20-10-11-21-22(16-20)26-24(30)25-21/h1-11,16H,12-15H2,(H2,25,26,30). The van der Waals surface area contributed by atoms with Gasteiger partial charge in [0.15, 0.2) is 0 Å². The smallest absolute Gasteiger partial charge is 0.323 e. The zero-order chi connectivity index (χ0) is 20.5. The molecule has 3 aromatic carbocycles. The first-order valence-electron chi connectivity index (χ1n) is 10.1. The number of carbonyl (C=O) groups is 1. The Kier molecular flexibility index (Phi) is 4.59. The van der Waals surface area contributed by atoms with Crippen molar-refractivity contribution in [3.63, 3.8) is 0 Å². The fourth-order valence-electron chi connectivity index (χ4n) is 4.00. The Morgan fingerprint density at radius 3 is 2.13 bits per heavy atom. The number of piperazine rings is 1. The number of hydrogen-bond donors (Lipinski definition) is 2. The summed E-state index contributed by atoms with van der Waals surface area (Å²) in [6, 6.07) is 23.9. The van der Waals surface area contributed by atoms with Crippen LogP contribution in [-0.2, 0) is 0 Å². The van der Waals surface area contributed by atoms with E-state index in [9.17, 15) is 9.59 Å². The minimum absolute atomic E-state index is 0.0691. The maximum atomic E-state index is 12.9. The number of anilines is 1. The summed E-state index contributed by atoms with van der Waals surface area (Å²) in [6.45, 7) is 2.85. The Balaban J connectivity index is 1.25. The molecule has 1 aromatic heterocycles. The molecular weight excluding hydrogens is 376 g/mol. The molecule has 1 fully saturated rings. The average Bonchev–Trinajstić information content (AvgIpc) is 3.18. The van der Waals surface area contributed by atoms with E-state index in [0.29, 0.717) is 13.1 Å². The molecule has 5 rings (SSSR count). The summed E-state index contributed by atoms with van der Waals surface area (Å²) in [4.78, 5) is 34.1. The highest BCUT2D eigenvalue weighted by Crippen LogP contribution is 2.22. The maximum absolute atomic E-state index is 12.9. The highest BCUT2D eigenvalue weighted by Gasteiger charge is 2.22. The zero-order valence-corrected chi connectivity index (χ0v) is 16.5. The fraction of sp³-hybridized carbons (Fsp3) is 0.167. The van der Waals surface area contributed by atoms with Crippen LogP contribution in [0.3, 0.4) is 0 Å². The number of H-pyrrole nitrogens is 2. The minimum atomic E-state index is -0.198. The number of benzene rings is 3. The monoisotopic (exact) mass is 398 g/mol. The van der Waals surface area contributed by atoms with Crippen molar-refractivity contribution >= 4 is 22.6 Å².